The molecule has 0 saturated carbocycles. The molecule has 4 aliphatic rings. The number of amides is 1. The molecule has 0 aromatic heterocycles. The first-order valence-electron chi connectivity index (χ1n) is 10.4. The maximum absolute atomic E-state index is 12.5. The van der Waals surface area contributed by atoms with Gasteiger partial charge in [-0.05, 0) is 25.1 Å². The summed E-state index contributed by atoms with van der Waals surface area (Å²) in [6.45, 7) is 4.37. The van der Waals surface area contributed by atoms with Crippen molar-refractivity contribution in [1.29, 1.82) is 0 Å². The van der Waals surface area contributed by atoms with Crippen molar-refractivity contribution in [2.45, 2.75) is 31.5 Å². The molecule has 3 atom stereocenters. The molecule has 9 nitrogen and oxygen atoms in total. The van der Waals surface area contributed by atoms with Gasteiger partial charge in [0.25, 0.3) is 0 Å². The average Bonchev–Trinajstić information content (AvgIpc) is 3.04. The second-order valence-corrected chi connectivity index (χ2v) is 7.66. The Morgan fingerprint density at radius 2 is 2.17 bits per heavy atom. The lowest BCUT2D eigenvalue weighted by molar-refractivity contribution is -0.122. The van der Waals surface area contributed by atoms with E-state index in [2.05, 4.69) is 32.3 Å². The van der Waals surface area contributed by atoms with E-state index in [4.69, 9.17) is 14.5 Å². The molecule has 4 N–H and O–H groups in total. The van der Waals surface area contributed by atoms with E-state index >= 15 is 0 Å². The van der Waals surface area contributed by atoms with Crippen molar-refractivity contribution in [1.82, 2.24) is 21.3 Å². The zero-order valence-corrected chi connectivity index (χ0v) is 16.9. The van der Waals surface area contributed by atoms with Crippen LogP contribution in [-0.2, 0) is 14.3 Å². The first-order valence-corrected chi connectivity index (χ1v) is 10.4. The van der Waals surface area contributed by atoms with Gasteiger partial charge in [0.1, 0.15) is 12.0 Å². The van der Waals surface area contributed by atoms with E-state index in [0.29, 0.717) is 19.8 Å². The van der Waals surface area contributed by atoms with Crippen LogP contribution in [0.1, 0.15) is 19.3 Å². The summed E-state index contributed by atoms with van der Waals surface area (Å²) in [6.07, 6.45) is 5.88. The number of carbonyl (C=O) groups is 1. The van der Waals surface area contributed by atoms with E-state index in [1.165, 1.54) is 5.57 Å². The summed E-state index contributed by atoms with van der Waals surface area (Å²) in [5, 5.41) is 13.0. The molecule has 1 amide bonds. The van der Waals surface area contributed by atoms with Gasteiger partial charge in [-0.3, -0.25) is 4.79 Å². The van der Waals surface area contributed by atoms with Crippen molar-refractivity contribution >= 4 is 18.0 Å². The highest BCUT2D eigenvalue weighted by atomic mass is 16.5. The number of methoxy groups -OCH3 is 1. The number of carbonyl (C=O) groups excluding carboxylic acids is 1. The lowest BCUT2D eigenvalue weighted by Crippen LogP contribution is -2.34. The van der Waals surface area contributed by atoms with Crippen LogP contribution in [0.5, 0.6) is 0 Å². The van der Waals surface area contributed by atoms with E-state index < -0.39 is 0 Å². The number of allylic oxidation sites excluding steroid dienone is 1. The minimum absolute atomic E-state index is 0.00224. The van der Waals surface area contributed by atoms with Gasteiger partial charge in [-0.2, -0.15) is 0 Å². The fourth-order valence-electron chi connectivity index (χ4n) is 4.14. The maximum atomic E-state index is 12.5. The van der Waals surface area contributed by atoms with Crippen LogP contribution < -0.4 is 21.3 Å². The van der Waals surface area contributed by atoms with Gasteiger partial charge >= 0.3 is 0 Å². The molecule has 29 heavy (non-hydrogen) atoms. The van der Waals surface area contributed by atoms with Crippen molar-refractivity contribution in [2.75, 3.05) is 46.5 Å². The van der Waals surface area contributed by atoms with Gasteiger partial charge in [0.2, 0.25) is 5.91 Å². The highest BCUT2D eigenvalue weighted by Gasteiger charge is 2.40. The fourth-order valence-corrected chi connectivity index (χ4v) is 4.14. The Balaban J connectivity index is 1.63. The number of hydrogen-bond acceptors (Lipinski definition) is 8. The first kappa shape index (κ1) is 20.2. The highest BCUT2D eigenvalue weighted by molar-refractivity contribution is 5.91. The van der Waals surface area contributed by atoms with E-state index in [0.717, 1.165) is 56.0 Å². The molecule has 4 rings (SSSR count). The van der Waals surface area contributed by atoms with Crippen LogP contribution in [0.3, 0.4) is 0 Å². The molecule has 2 unspecified atom stereocenters. The third-order valence-electron chi connectivity index (χ3n) is 5.63. The number of aliphatic imine (C=N–C) groups is 2. The van der Waals surface area contributed by atoms with Crippen molar-refractivity contribution in [3.63, 3.8) is 0 Å². The molecule has 2 bridgehead atoms. The topological polar surface area (TPSA) is 108 Å². The Labute approximate surface area is 171 Å². The quantitative estimate of drug-likeness (QED) is 0.472. The SMILES string of the molecule is COCC1=CCC2=NC3=C4C(N=CN3)NC(=O)C4CNCCCNCCO[C@@H]1C2. The lowest BCUT2D eigenvalue weighted by atomic mass is 9.94. The van der Waals surface area contributed by atoms with Crippen molar-refractivity contribution in [2.24, 2.45) is 15.9 Å². The Hall–Kier alpha value is -2.07. The molecule has 9 heteroatoms. The second-order valence-electron chi connectivity index (χ2n) is 7.66. The van der Waals surface area contributed by atoms with Gasteiger partial charge < -0.3 is 30.7 Å². The van der Waals surface area contributed by atoms with Gasteiger partial charge in [-0.15, -0.1) is 0 Å². The third-order valence-corrected chi connectivity index (χ3v) is 5.63. The van der Waals surface area contributed by atoms with Gasteiger partial charge in [0.05, 0.1) is 31.6 Å². The van der Waals surface area contributed by atoms with E-state index in [9.17, 15) is 4.79 Å². The predicted octanol–water partition coefficient (Wildman–Crippen LogP) is -0.323. The largest absolute Gasteiger partial charge is 0.380 e. The monoisotopic (exact) mass is 402 g/mol. The zero-order chi connectivity index (χ0) is 20.1. The van der Waals surface area contributed by atoms with Crippen LogP contribution in [-0.4, -0.2) is 76.7 Å². The van der Waals surface area contributed by atoms with Crippen LogP contribution in [0.15, 0.2) is 33.0 Å². The fraction of sp³-hybridized carbons (Fsp3) is 0.650. The normalized spacial score (nSPS) is 30.8. The van der Waals surface area contributed by atoms with Crippen LogP contribution >= 0.6 is 0 Å². The predicted molar refractivity (Wildman–Crippen MR) is 111 cm³/mol. The molecule has 1 fully saturated rings. The summed E-state index contributed by atoms with van der Waals surface area (Å²) < 4.78 is 11.5. The first-order chi connectivity index (χ1) is 14.3. The Bertz CT molecular complexity index is 744. The van der Waals surface area contributed by atoms with Crippen LogP contribution in [0, 0.1) is 5.92 Å². The van der Waals surface area contributed by atoms with Crippen LogP contribution in [0.4, 0.5) is 0 Å². The number of rotatable bonds is 2. The number of nitrogens with zero attached hydrogens (tertiary/aromatic N) is 2. The standard InChI is InChI=1S/C20H30N6O3/c1-28-11-13-3-4-14-9-16(13)29-8-7-21-5-2-6-22-10-15-17-18(25-14)23-12-24-19(17)26-20(15)27/h3,12,15-16,19,21-22H,2,4-11H2,1H3,(H,23,24)(H,26,27)/t15?,16-,19?/m1/s1. The number of fused-ring (bicyclic) bond motifs is 2. The Morgan fingerprint density at radius 3 is 3.07 bits per heavy atom. The number of hydrogen-bond donors (Lipinski definition) is 4. The molecule has 0 aromatic carbocycles. The Kier molecular flexibility index (Phi) is 6.70. The molecule has 1 saturated heterocycles. The van der Waals surface area contributed by atoms with Gasteiger partial charge in [0.15, 0.2) is 0 Å². The number of ether oxygens (including phenoxy) is 2. The van der Waals surface area contributed by atoms with Crippen molar-refractivity contribution in [3.8, 4) is 0 Å². The molecule has 0 spiro atoms. The van der Waals surface area contributed by atoms with E-state index in [1.807, 2.05) is 0 Å². The highest BCUT2D eigenvalue weighted by Crippen LogP contribution is 2.29. The molecule has 3 heterocycles. The summed E-state index contributed by atoms with van der Waals surface area (Å²) in [5.74, 6) is 0.476. The summed E-state index contributed by atoms with van der Waals surface area (Å²) in [5.41, 5.74) is 3.12. The molecule has 158 valence electrons. The second kappa shape index (κ2) is 9.62. The van der Waals surface area contributed by atoms with E-state index in [-0.39, 0.29) is 24.1 Å². The molecule has 0 radical (unpaired) electrons. The van der Waals surface area contributed by atoms with Gasteiger partial charge in [-0.25, -0.2) is 9.98 Å². The third kappa shape index (κ3) is 4.75. The minimum Gasteiger partial charge on any atom is -0.380 e. The van der Waals surface area contributed by atoms with Gasteiger partial charge in [-0.1, -0.05) is 6.08 Å². The smallest absolute Gasteiger partial charge is 0.230 e. The molecule has 0 aromatic rings. The Morgan fingerprint density at radius 1 is 1.28 bits per heavy atom. The molecular weight excluding hydrogens is 372 g/mol. The summed E-state index contributed by atoms with van der Waals surface area (Å²) in [6, 6.07) is 0. The molecule has 1 aliphatic carbocycles. The summed E-state index contributed by atoms with van der Waals surface area (Å²) in [7, 11) is 1.71. The summed E-state index contributed by atoms with van der Waals surface area (Å²) in [4.78, 5) is 21.8. The minimum atomic E-state index is -0.328. The summed E-state index contributed by atoms with van der Waals surface area (Å²) >= 11 is 0. The van der Waals surface area contributed by atoms with Gasteiger partial charge in [0, 0.05) is 44.3 Å². The van der Waals surface area contributed by atoms with Crippen LogP contribution in [0.25, 0.3) is 0 Å². The maximum Gasteiger partial charge on any atom is 0.230 e. The lowest BCUT2D eigenvalue weighted by Gasteiger charge is -2.27. The average molecular weight is 402 g/mol. The van der Waals surface area contributed by atoms with Crippen molar-refractivity contribution in [3.05, 3.63) is 23.0 Å². The zero-order valence-electron chi connectivity index (χ0n) is 16.9. The molecular formula is C20H30N6O3. The molecule has 3 aliphatic heterocycles. The van der Waals surface area contributed by atoms with Crippen molar-refractivity contribution < 1.29 is 14.3 Å². The van der Waals surface area contributed by atoms with E-state index in [1.54, 1.807) is 13.4 Å². The van der Waals surface area contributed by atoms with Crippen LogP contribution in [0.2, 0.25) is 0 Å². The number of nitrogens with one attached hydrogen (secondary N) is 4.